The van der Waals surface area contributed by atoms with Gasteiger partial charge in [0.1, 0.15) is 0 Å². The lowest BCUT2D eigenvalue weighted by Crippen LogP contribution is -2.08. The number of benzene rings is 1. The van der Waals surface area contributed by atoms with Crippen LogP contribution in [0.5, 0.6) is 0 Å². The van der Waals surface area contributed by atoms with Crippen molar-refractivity contribution >= 4 is 5.69 Å². The Balaban J connectivity index is 2.00. The highest BCUT2D eigenvalue weighted by Crippen LogP contribution is 2.38. The maximum absolute atomic E-state index is 5.99. The second kappa shape index (κ2) is 4.21. The van der Waals surface area contributed by atoms with E-state index < -0.39 is 0 Å². The lowest BCUT2D eigenvalue weighted by molar-refractivity contribution is 0.420. The van der Waals surface area contributed by atoms with E-state index in [1.165, 1.54) is 30.4 Å². The van der Waals surface area contributed by atoms with E-state index in [0.717, 1.165) is 17.2 Å². The lowest BCUT2D eigenvalue weighted by atomic mass is 9.79. The SMILES string of the molecule is Nc1ccncc1-c1cccc(C2CCC2)c1. The molecule has 1 aliphatic carbocycles. The van der Waals surface area contributed by atoms with Gasteiger partial charge in [-0.3, -0.25) is 4.98 Å². The molecule has 0 spiro atoms. The number of aromatic nitrogens is 1. The Morgan fingerprint density at radius 2 is 2.06 bits per heavy atom. The van der Waals surface area contributed by atoms with E-state index in [1.807, 2.05) is 12.3 Å². The Labute approximate surface area is 102 Å². The number of rotatable bonds is 2. The first-order chi connectivity index (χ1) is 8.34. The fraction of sp³-hybridized carbons (Fsp3) is 0.267. The van der Waals surface area contributed by atoms with Gasteiger partial charge in [-0.25, -0.2) is 0 Å². The van der Waals surface area contributed by atoms with Crippen LogP contribution in [0.25, 0.3) is 11.1 Å². The quantitative estimate of drug-likeness (QED) is 0.846. The Morgan fingerprint density at radius 3 is 2.76 bits per heavy atom. The molecule has 3 rings (SSSR count). The summed E-state index contributed by atoms with van der Waals surface area (Å²) in [5.41, 5.74) is 10.4. The largest absolute Gasteiger partial charge is 0.398 e. The van der Waals surface area contributed by atoms with E-state index in [-0.39, 0.29) is 0 Å². The molecule has 0 unspecified atom stereocenters. The molecule has 17 heavy (non-hydrogen) atoms. The summed E-state index contributed by atoms with van der Waals surface area (Å²) >= 11 is 0. The van der Waals surface area contributed by atoms with Gasteiger partial charge in [-0.1, -0.05) is 30.7 Å². The van der Waals surface area contributed by atoms with Crippen molar-refractivity contribution in [3.05, 3.63) is 48.3 Å². The van der Waals surface area contributed by atoms with Gasteiger partial charge in [0.25, 0.3) is 0 Å². The van der Waals surface area contributed by atoms with Crippen molar-refractivity contribution in [2.75, 3.05) is 5.73 Å². The van der Waals surface area contributed by atoms with E-state index in [0.29, 0.717) is 0 Å². The van der Waals surface area contributed by atoms with Crippen LogP contribution < -0.4 is 5.73 Å². The van der Waals surface area contributed by atoms with E-state index in [1.54, 1.807) is 6.20 Å². The van der Waals surface area contributed by atoms with Crippen LogP contribution in [0.1, 0.15) is 30.7 Å². The third kappa shape index (κ3) is 1.91. The molecule has 1 aromatic carbocycles. The van der Waals surface area contributed by atoms with Gasteiger partial charge in [0.15, 0.2) is 0 Å². The van der Waals surface area contributed by atoms with Crippen molar-refractivity contribution in [1.29, 1.82) is 0 Å². The summed E-state index contributed by atoms with van der Waals surface area (Å²) in [5.74, 6) is 0.757. The molecule has 1 heterocycles. The van der Waals surface area contributed by atoms with Crippen molar-refractivity contribution in [2.45, 2.75) is 25.2 Å². The number of hydrogen-bond donors (Lipinski definition) is 1. The minimum atomic E-state index is 0.757. The van der Waals surface area contributed by atoms with Crippen LogP contribution in [0.3, 0.4) is 0 Å². The zero-order valence-electron chi connectivity index (χ0n) is 9.76. The highest BCUT2D eigenvalue weighted by Gasteiger charge is 2.19. The molecule has 2 nitrogen and oxygen atoms in total. The van der Waals surface area contributed by atoms with Gasteiger partial charge >= 0.3 is 0 Å². The predicted molar refractivity (Wildman–Crippen MR) is 70.7 cm³/mol. The molecule has 0 amide bonds. The van der Waals surface area contributed by atoms with Gasteiger partial charge in [0.05, 0.1) is 0 Å². The van der Waals surface area contributed by atoms with Crippen molar-refractivity contribution in [3.63, 3.8) is 0 Å². The fourth-order valence-electron chi connectivity index (χ4n) is 2.35. The Bertz CT molecular complexity index is 530. The molecule has 1 aliphatic rings. The lowest BCUT2D eigenvalue weighted by Gasteiger charge is -2.26. The van der Waals surface area contributed by atoms with Crippen LogP contribution in [-0.4, -0.2) is 4.98 Å². The number of hydrogen-bond acceptors (Lipinski definition) is 2. The van der Waals surface area contributed by atoms with Crippen molar-refractivity contribution in [1.82, 2.24) is 4.98 Å². The summed E-state index contributed by atoms with van der Waals surface area (Å²) in [6, 6.07) is 10.6. The average molecular weight is 224 g/mol. The van der Waals surface area contributed by atoms with Gasteiger partial charge in [0.2, 0.25) is 0 Å². The normalized spacial score (nSPS) is 15.5. The molecule has 1 fully saturated rings. The average Bonchev–Trinajstić information content (AvgIpc) is 2.28. The first-order valence-electron chi connectivity index (χ1n) is 6.14. The molecule has 2 heteroatoms. The number of anilines is 1. The van der Waals surface area contributed by atoms with Crippen molar-refractivity contribution < 1.29 is 0 Å². The minimum Gasteiger partial charge on any atom is -0.398 e. The summed E-state index contributed by atoms with van der Waals surface area (Å²) in [4.78, 5) is 4.15. The molecule has 0 atom stereocenters. The van der Waals surface area contributed by atoms with Gasteiger partial charge < -0.3 is 5.73 Å². The number of nitrogens with two attached hydrogens (primary N) is 1. The molecular formula is C15H16N2. The molecular weight excluding hydrogens is 208 g/mol. The summed E-state index contributed by atoms with van der Waals surface area (Å²) in [5, 5.41) is 0. The maximum Gasteiger partial charge on any atom is 0.0424 e. The maximum atomic E-state index is 5.99. The Morgan fingerprint density at radius 1 is 1.18 bits per heavy atom. The van der Waals surface area contributed by atoms with Gasteiger partial charge in [-0.05, 0) is 36.0 Å². The van der Waals surface area contributed by atoms with Crippen LogP contribution >= 0.6 is 0 Å². The molecule has 86 valence electrons. The highest BCUT2D eigenvalue weighted by molar-refractivity contribution is 5.75. The monoisotopic (exact) mass is 224 g/mol. The van der Waals surface area contributed by atoms with E-state index >= 15 is 0 Å². The predicted octanol–water partition coefficient (Wildman–Crippen LogP) is 3.60. The molecule has 1 aromatic heterocycles. The number of pyridine rings is 1. The zero-order valence-corrected chi connectivity index (χ0v) is 9.76. The van der Waals surface area contributed by atoms with Crippen LogP contribution in [0, 0.1) is 0 Å². The summed E-state index contributed by atoms with van der Waals surface area (Å²) in [7, 11) is 0. The van der Waals surface area contributed by atoms with E-state index in [2.05, 4.69) is 29.2 Å². The third-order valence-corrected chi connectivity index (χ3v) is 3.63. The molecule has 0 radical (unpaired) electrons. The molecule has 0 bridgehead atoms. The minimum absolute atomic E-state index is 0.757. The van der Waals surface area contributed by atoms with Gasteiger partial charge in [0, 0.05) is 23.6 Å². The number of nitrogen functional groups attached to an aromatic ring is 1. The standard InChI is InChI=1S/C15H16N2/c16-15-7-8-17-10-14(15)13-6-2-5-12(9-13)11-3-1-4-11/h2,5-11H,1,3-4H2,(H2,16,17). The molecule has 0 saturated heterocycles. The van der Waals surface area contributed by atoms with Gasteiger partial charge in [-0.2, -0.15) is 0 Å². The smallest absolute Gasteiger partial charge is 0.0424 e. The first kappa shape index (κ1) is 10.3. The number of nitrogens with zero attached hydrogens (tertiary/aromatic N) is 1. The molecule has 1 saturated carbocycles. The second-order valence-corrected chi connectivity index (χ2v) is 4.72. The first-order valence-corrected chi connectivity index (χ1v) is 6.14. The van der Waals surface area contributed by atoms with Gasteiger partial charge in [-0.15, -0.1) is 0 Å². The summed E-state index contributed by atoms with van der Waals surface area (Å²) < 4.78 is 0. The van der Waals surface area contributed by atoms with Crippen LogP contribution in [-0.2, 0) is 0 Å². The summed E-state index contributed by atoms with van der Waals surface area (Å²) in [6.07, 6.45) is 7.59. The highest BCUT2D eigenvalue weighted by atomic mass is 14.7. The van der Waals surface area contributed by atoms with Crippen LogP contribution in [0.15, 0.2) is 42.7 Å². The second-order valence-electron chi connectivity index (χ2n) is 4.72. The zero-order chi connectivity index (χ0) is 11.7. The van der Waals surface area contributed by atoms with Crippen molar-refractivity contribution in [3.8, 4) is 11.1 Å². The van der Waals surface area contributed by atoms with E-state index in [4.69, 9.17) is 5.73 Å². The molecule has 2 N–H and O–H groups in total. The fourth-order valence-corrected chi connectivity index (χ4v) is 2.35. The van der Waals surface area contributed by atoms with E-state index in [9.17, 15) is 0 Å². The molecule has 0 aliphatic heterocycles. The van der Waals surface area contributed by atoms with Crippen LogP contribution in [0.2, 0.25) is 0 Å². The Hall–Kier alpha value is -1.83. The van der Waals surface area contributed by atoms with Crippen LogP contribution in [0.4, 0.5) is 5.69 Å². The summed E-state index contributed by atoms with van der Waals surface area (Å²) in [6.45, 7) is 0. The topological polar surface area (TPSA) is 38.9 Å². The third-order valence-electron chi connectivity index (χ3n) is 3.63. The van der Waals surface area contributed by atoms with Crippen molar-refractivity contribution in [2.24, 2.45) is 0 Å². The molecule has 2 aromatic rings. The Kier molecular flexibility index (Phi) is 2.56.